The Labute approximate surface area is 150 Å². The number of aliphatic hydroxyl groups excluding tert-OH is 1. The van der Waals surface area contributed by atoms with Crippen LogP contribution < -0.4 is 0 Å². The van der Waals surface area contributed by atoms with Crippen molar-refractivity contribution in [1.29, 1.82) is 0 Å². The van der Waals surface area contributed by atoms with Crippen molar-refractivity contribution in [1.82, 2.24) is 14.7 Å². The number of aliphatic hydroxyl groups is 1. The predicted octanol–water partition coefficient (Wildman–Crippen LogP) is 1.98. The van der Waals surface area contributed by atoms with Gasteiger partial charge in [0.15, 0.2) is 0 Å². The third-order valence-corrected chi connectivity index (χ3v) is 6.21. The number of piperidine rings is 1. The molecule has 0 unspecified atom stereocenters. The Hall–Kier alpha value is -0.590. The number of benzene rings is 1. The van der Waals surface area contributed by atoms with Crippen LogP contribution in [0.25, 0.3) is 0 Å². The lowest BCUT2D eigenvalue weighted by molar-refractivity contribution is 0.0516. The van der Waals surface area contributed by atoms with E-state index >= 15 is 0 Å². The van der Waals surface area contributed by atoms with E-state index < -0.39 is 0 Å². The monoisotopic (exact) mass is 349 g/mol. The minimum absolute atomic E-state index is 0.288. The van der Waals surface area contributed by atoms with Gasteiger partial charge in [-0.3, -0.25) is 14.7 Å². The van der Waals surface area contributed by atoms with Crippen molar-refractivity contribution in [2.24, 2.45) is 0 Å². The van der Waals surface area contributed by atoms with E-state index in [1.807, 2.05) is 0 Å². The zero-order valence-corrected chi connectivity index (χ0v) is 15.7. The highest BCUT2D eigenvalue weighted by molar-refractivity contribution is 7.98. The highest BCUT2D eigenvalue weighted by Gasteiger charge is 2.27. The maximum absolute atomic E-state index is 9.05. The van der Waals surface area contributed by atoms with Crippen LogP contribution in [0.4, 0.5) is 0 Å². The van der Waals surface area contributed by atoms with E-state index in [0.29, 0.717) is 0 Å². The number of likely N-dealkylation sites (tertiary alicyclic amines) is 1. The van der Waals surface area contributed by atoms with E-state index in [4.69, 9.17) is 5.11 Å². The van der Waals surface area contributed by atoms with Crippen LogP contribution in [-0.4, -0.2) is 84.5 Å². The molecule has 0 atom stereocenters. The van der Waals surface area contributed by atoms with Crippen LogP contribution in [-0.2, 0) is 6.54 Å². The molecule has 2 aliphatic rings. The summed E-state index contributed by atoms with van der Waals surface area (Å²) in [5.74, 6) is 0. The third kappa shape index (κ3) is 4.96. The van der Waals surface area contributed by atoms with Crippen molar-refractivity contribution in [3.05, 3.63) is 29.8 Å². The van der Waals surface area contributed by atoms with Crippen LogP contribution in [0, 0.1) is 0 Å². The molecule has 2 aliphatic heterocycles. The highest BCUT2D eigenvalue weighted by atomic mass is 32.2. The van der Waals surface area contributed by atoms with E-state index in [-0.39, 0.29) is 6.61 Å². The van der Waals surface area contributed by atoms with Crippen molar-refractivity contribution in [3.63, 3.8) is 0 Å². The van der Waals surface area contributed by atoms with Crippen LogP contribution in [0.1, 0.15) is 18.4 Å². The molecule has 0 radical (unpaired) electrons. The molecule has 2 saturated heterocycles. The van der Waals surface area contributed by atoms with Gasteiger partial charge in [-0.05, 0) is 49.9 Å². The topological polar surface area (TPSA) is 30.0 Å². The maximum atomic E-state index is 9.05. The molecule has 1 aromatic carbocycles. The Bertz CT molecular complexity index is 480. The average Bonchev–Trinajstić information content (AvgIpc) is 2.64. The van der Waals surface area contributed by atoms with E-state index in [9.17, 15) is 0 Å². The van der Waals surface area contributed by atoms with Gasteiger partial charge in [-0.1, -0.05) is 12.1 Å². The van der Waals surface area contributed by atoms with E-state index in [2.05, 4.69) is 45.2 Å². The molecule has 134 valence electrons. The van der Waals surface area contributed by atoms with Gasteiger partial charge in [0.25, 0.3) is 0 Å². The first-order valence-corrected chi connectivity index (χ1v) is 10.4. The third-order valence-electron chi connectivity index (χ3n) is 5.46. The molecule has 0 aromatic heterocycles. The summed E-state index contributed by atoms with van der Waals surface area (Å²) in [6.07, 6.45) is 4.72. The van der Waals surface area contributed by atoms with Crippen LogP contribution in [0.5, 0.6) is 0 Å². The number of nitrogens with zero attached hydrogens (tertiary/aromatic N) is 3. The molecule has 0 amide bonds. The fourth-order valence-corrected chi connectivity index (χ4v) is 4.33. The molecule has 0 aliphatic carbocycles. The SMILES string of the molecule is CSc1ccc(CN2CCC(N3CCN(CCO)CC3)CC2)cc1. The minimum Gasteiger partial charge on any atom is -0.395 e. The van der Waals surface area contributed by atoms with Crippen molar-refractivity contribution >= 4 is 11.8 Å². The Kier molecular flexibility index (Phi) is 6.98. The predicted molar refractivity (Wildman–Crippen MR) is 102 cm³/mol. The van der Waals surface area contributed by atoms with Gasteiger partial charge in [-0.25, -0.2) is 0 Å². The zero-order chi connectivity index (χ0) is 16.8. The van der Waals surface area contributed by atoms with Gasteiger partial charge < -0.3 is 5.11 Å². The van der Waals surface area contributed by atoms with E-state index in [0.717, 1.165) is 32.2 Å². The fraction of sp³-hybridized carbons (Fsp3) is 0.684. The van der Waals surface area contributed by atoms with Crippen LogP contribution in [0.2, 0.25) is 0 Å². The smallest absolute Gasteiger partial charge is 0.0558 e. The van der Waals surface area contributed by atoms with Gasteiger partial charge in [0.05, 0.1) is 6.61 Å². The molecular formula is C19H31N3OS. The largest absolute Gasteiger partial charge is 0.395 e. The molecule has 2 heterocycles. The first-order chi connectivity index (χ1) is 11.8. The fourth-order valence-electron chi connectivity index (χ4n) is 3.93. The number of rotatable bonds is 6. The first-order valence-electron chi connectivity index (χ1n) is 9.21. The Morgan fingerprint density at radius 3 is 2.21 bits per heavy atom. The summed E-state index contributed by atoms with van der Waals surface area (Å²) in [6.45, 7) is 9.20. The van der Waals surface area contributed by atoms with Crippen molar-refractivity contribution < 1.29 is 5.11 Å². The summed E-state index contributed by atoms with van der Waals surface area (Å²) in [4.78, 5) is 9.01. The minimum atomic E-state index is 0.288. The summed E-state index contributed by atoms with van der Waals surface area (Å²) in [5, 5.41) is 9.05. The molecule has 2 fully saturated rings. The number of piperazine rings is 1. The lowest BCUT2D eigenvalue weighted by atomic mass is 10.0. The second-order valence-electron chi connectivity index (χ2n) is 6.96. The zero-order valence-electron chi connectivity index (χ0n) is 14.9. The Morgan fingerprint density at radius 2 is 1.62 bits per heavy atom. The van der Waals surface area contributed by atoms with Crippen LogP contribution in [0.15, 0.2) is 29.2 Å². The lowest BCUT2D eigenvalue weighted by Crippen LogP contribution is -2.53. The van der Waals surface area contributed by atoms with Gasteiger partial charge in [-0.15, -0.1) is 11.8 Å². The molecule has 0 saturated carbocycles. The Balaban J connectivity index is 1.41. The van der Waals surface area contributed by atoms with Gasteiger partial charge in [0.1, 0.15) is 0 Å². The molecular weight excluding hydrogens is 318 g/mol. The summed E-state index contributed by atoms with van der Waals surface area (Å²) in [7, 11) is 0. The lowest BCUT2D eigenvalue weighted by Gasteiger charge is -2.42. The molecule has 0 bridgehead atoms. The van der Waals surface area contributed by atoms with Crippen LogP contribution >= 0.6 is 11.8 Å². The van der Waals surface area contributed by atoms with Gasteiger partial charge in [0.2, 0.25) is 0 Å². The van der Waals surface area contributed by atoms with E-state index in [1.165, 1.54) is 49.5 Å². The van der Waals surface area contributed by atoms with Crippen molar-refractivity contribution in [2.45, 2.75) is 30.3 Å². The molecule has 0 spiro atoms. The van der Waals surface area contributed by atoms with Crippen molar-refractivity contribution in [3.8, 4) is 0 Å². The molecule has 3 rings (SSSR count). The summed E-state index contributed by atoms with van der Waals surface area (Å²) in [5.41, 5.74) is 1.43. The van der Waals surface area contributed by atoms with Gasteiger partial charge >= 0.3 is 0 Å². The summed E-state index contributed by atoms with van der Waals surface area (Å²) in [6, 6.07) is 9.78. The normalized spacial score (nSPS) is 22.1. The number of β-amino-alcohol motifs (C(OH)–C–C–N with tert-alkyl or cyclic N) is 1. The number of hydrogen-bond donors (Lipinski definition) is 1. The first kappa shape index (κ1) is 18.2. The maximum Gasteiger partial charge on any atom is 0.0558 e. The van der Waals surface area contributed by atoms with Crippen molar-refractivity contribution in [2.75, 3.05) is 58.7 Å². The molecule has 5 heteroatoms. The molecule has 24 heavy (non-hydrogen) atoms. The van der Waals surface area contributed by atoms with Crippen LogP contribution in [0.3, 0.4) is 0 Å². The number of hydrogen-bond acceptors (Lipinski definition) is 5. The second-order valence-corrected chi connectivity index (χ2v) is 7.84. The summed E-state index contributed by atoms with van der Waals surface area (Å²) < 4.78 is 0. The average molecular weight is 350 g/mol. The molecule has 4 nitrogen and oxygen atoms in total. The highest BCUT2D eigenvalue weighted by Crippen LogP contribution is 2.21. The number of thioether (sulfide) groups is 1. The van der Waals surface area contributed by atoms with E-state index in [1.54, 1.807) is 11.8 Å². The van der Waals surface area contributed by atoms with Gasteiger partial charge in [0, 0.05) is 50.2 Å². The quantitative estimate of drug-likeness (QED) is 0.794. The Morgan fingerprint density at radius 1 is 0.958 bits per heavy atom. The second kappa shape index (κ2) is 9.20. The standard InChI is InChI=1S/C19H31N3OS/c1-24-19-4-2-17(3-5-19)16-21-8-6-18(7-9-21)22-12-10-20(11-13-22)14-15-23/h2-5,18,23H,6-16H2,1H3. The van der Waals surface area contributed by atoms with Gasteiger partial charge in [-0.2, -0.15) is 0 Å². The molecule has 1 aromatic rings. The molecule has 1 N–H and O–H groups in total. The summed E-state index contributed by atoms with van der Waals surface area (Å²) >= 11 is 1.81.